The van der Waals surface area contributed by atoms with E-state index in [0.717, 1.165) is 35.9 Å². The number of hydrogen-bond donors (Lipinski definition) is 0. The Kier molecular flexibility index (Phi) is 5.19. The average Bonchev–Trinajstić information content (AvgIpc) is 2.79. The highest BCUT2D eigenvalue weighted by Gasteiger charge is 2.20. The fourth-order valence-electron chi connectivity index (χ4n) is 3.96. The Bertz CT molecular complexity index is 1390. The van der Waals surface area contributed by atoms with Crippen molar-refractivity contribution < 1.29 is 9.53 Å². The van der Waals surface area contributed by atoms with Gasteiger partial charge in [-0.1, -0.05) is 6.07 Å². The number of hydrogen-bond acceptors (Lipinski definition) is 5. The van der Waals surface area contributed by atoms with Crippen LogP contribution in [-0.4, -0.2) is 51.6 Å². The van der Waals surface area contributed by atoms with Gasteiger partial charge in [0.2, 0.25) is 0 Å². The molecule has 0 N–H and O–H groups in total. The molecular weight excluding hydrogens is 404 g/mol. The largest absolute Gasteiger partial charge is 0.378 e. The Balaban J connectivity index is 1.44. The van der Waals surface area contributed by atoms with E-state index in [4.69, 9.17) is 9.72 Å². The van der Waals surface area contributed by atoms with Crippen LogP contribution in [0.15, 0.2) is 59.7 Å². The molecule has 1 aliphatic heterocycles. The van der Waals surface area contributed by atoms with Gasteiger partial charge in [0.05, 0.1) is 29.0 Å². The molecule has 3 heterocycles. The maximum absolute atomic E-state index is 12.9. The topological polar surface area (TPSA) is 77.3 Å². The Hall–Kier alpha value is -3.58. The second kappa shape index (κ2) is 8.16. The number of amides is 1. The quantitative estimate of drug-likeness (QED) is 0.487. The van der Waals surface area contributed by atoms with E-state index in [1.165, 1.54) is 0 Å². The predicted molar refractivity (Wildman–Crippen MR) is 124 cm³/mol. The standard InChI is InChI=1S/C25H24N4O3/c1-28(11-8-19-9-12-32-19)24(30)18-4-6-21-22(14-18)27-23(15-26-21)17-3-5-20-16(13-17)7-10-29(2)25(20)31/h3-7,10,13-15,19H,8-9,11-12H2,1-2H3/t19-/m1/s1. The lowest BCUT2D eigenvalue weighted by atomic mass is 10.1. The van der Waals surface area contributed by atoms with E-state index in [1.54, 1.807) is 41.0 Å². The highest BCUT2D eigenvalue weighted by Crippen LogP contribution is 2.24. The van der Waals surface area contributed by atoms with Crippen LogP contribution in [0.2, 0.25) is 0 Å². The number of aryl methyl sites for hydroxylation is 1. The molecule has 0 saturated carbocycles. The number of carbonyl (C=O) groups excluding carboxylic acids is 1. The van der Waals surface area contributed by atoms with Gasteiger partial charge < -0.3 is 14.2 Å². The molecule has 0 unspecified atom stereocenters. The molecule has 1 aliphatic rings. The van der Waals surface area contributed by atoms with Gasteiger partial charge in [0.15, 0.2) is 0 Å². The first-order valence-electron chi connectivity index (χ1n) is 10.7. The van der Waals surface area contributed by atoms with Crippen molar-refractivity contribution >= 4 is 27.7 Å². The summed E-state index contributed by atoms with van der Waals surface area (Å²) in [7, 11) is 3.55. The number of fused-ring (bicyclic) bond motifs is 2. The molecule has 7 heteroatoms. The van der Waals surface area contributed by atoms with Gasteiger partial charge in [0.1, 0.15) is 0 Å². The second-order valence-corrected chi connectivity index (χ2v) is 8.29. The maximum atomic E-state index is 12.9. The van der Waals surface area contributed by atoms with Crippen LogP contribution in [0.4, 0.5) is 0 Å². The van der Waals surface area contributed by atoms with Crippen molar-refractivity contribution in [1.29, 1.82) is 0 Å². The third-order valence-electron chi connectivity index (χ3n) is 6.09. The van der Waals surface area contributed by atoms with Crippen LogP contribution >= 0.6 is 0 Å². The summed E-state index contributed by atoms with van der Waals surface area (Å²) in [6.07, 6.45) is 5.67. The van der Waals surface area contributed by atoms with E-state index < -0.39 is 0 Å². The first-order valence-corrected chi connectivity index (χ1v) is 10.7. The van der Waals surface area contributed by atoms with Crippen molar-refractivity contribution in [3.8, 4) is 11.3 Å². The Morgan fingerprint density at radius 3 is 2.81 bits per heavy atom. The third-order valence-corrected chi connectivity index (χ3v) is 6.09. The monoisotopic (exact) mass is 428 g/mol. The number of aromatic nitrogens is 3. The van der Waals surface area contributed by atoms with Crippen LogP contribution in [0.1, 0.15) is 23.2 Å². The van der Waals surface area contributed by atoms with E-state index in [9.17, 15) is 9.59 Å². The molecule has 4 aromatic rings. The van der Waals surface area contributed by atoms with Gasteiger partial charge in [0, 0.05) is 50.0 Å². The predicted octanol–water partition coefficient (Wildman–Crippen LogP) is 3.40. The fourth-order valence-corrected chi connectivity index (χ4v) is 3.96. The summed E-state index contributed by atoms with van der Waals surface area (Å²) in [6, 6.07) is 13.0. The summed E-state index contributed by atoms with van der Waals surface area (Å²) in [5, 5.41) is 1.52. The zero-order valence-electron chi connectivity index (χ0n) is 18.1. The molecular formula is C25H24N4O3. The number of benzene rings is 2. The van der Waals surface area contributed by atoms with Gasteiger partial charge in [-0.15, -0.1) is 0 Å². The van der Waals surface area contributed by atoms with Crippen LogP contribution in [0.5, 0.6) is 0 Å². The molecule has 0 aliphatic carbocycles. The van der Waals surface area contributed by atoms with Crippen molar-refractivity contribution in [2.75, 3.05) is 20.2 Å². The summed E-state index contributed by atoms with van der Waals surface area (Å²) in [6.45, 7) is 1.48. The second-order valence-electron chi connectivity index (χ2n) is 8.29. The Morgan fingerprint density at radius 2 is 2.03 bits per heavy atom. The summed E-state index contributed by atoms with van der Waals surface area (Å²) < 4.78 is 7.01. The normalized spacial score (nSPS) is 15.6. The first kappa shape index (κ1) is 20.3. The van der Waals surface area contributed by atoms with E-state index in [1.807, 2.05) is 37.4 Å². The first-order chi connectivity index (χ1) is 15.5. The molecule has 5 rings (SSSR count). The molecule has 7 nitrogen and oxygen atoms in total. The summed E-state index contributed by atoms with van der Waals surface area (Å²) >= 11 is 0. The zero-order valence-corrected chi connectivity index (χ0v) is 18.1. The summed E-state index contributed by atoms with van der Waals surface area (Å²) in [5.74, 6) is -0.0417. The lowest BCUT2D eigenvalue weighted by Crippen LogP contribution is -2.34. The Morgan fingerprint density at radius 1 is 1.19 bits per heavy atom. The minimum Gasteiger partial charge on any atom is -0.378 e. The van der Waals surface area contributed by atoms with Gasteiger partial charge in [-0.2, -0.15) is 0 Å². The summed E-state index contributed by atoms with van der Waals surface area (Å²) in [5.41, 5.74) is 3.51. The van der Waals surface area contributed by atoms with Crippen molar-refractivity contribution in [1.82, 2.24) is 19.4 Å². The smallest absolute Gasteiger partial charge is 0.258 e. The van der Waals surface area contributed by atoms with Gasteiger partial charge >= 0.3 is 0 Å². The fraction of sp³-hybridized carbons (Fsp3) is 0.280. The van der Waals surface area contributed by atoms with Gasteiger partial charge in [0.25, 0.3) is 11.5 Å². The molecule has 0 spiro atoms. The lowest BCUT2D eigenvalue weighted by Gasteiger charge is -2.28. The molecule has 1 fully saturated rings. The minimum absolute atomic E-state index is 0.0326. The highest BCUT2D eigenvalue weighted by atomic mass is 16.5. The van der Waals surface area contributed by atoms with Crippen molar-refractivity contribution in [3.05, 3.63) is 70.8 Å². The third kappa shape index (κ3) is 3.76. The number of ether oxygens (including phenoxy) is 1. The lowest BCUT2D eigenvalue weighted by molar-refractivity contribution is -0.0566. The van der Waals surface area contributed by atoms with Crippen molar-refractivity contribution in [2.24, 2.45) is 7.05 Å². The number of rotatable bonds is 5. The molecule has 1 amide bonds. The van der Waals surface area contributed by atoms with Crippen LogP contribution in [-0.2, 0) is 11.8 Å². The molecule has 2 aromatic carbocycles. The van der Waals surface area contributed by atoms with E-state index in [0.29, 0.717) is 28.7 Å². The molecule has 0 radical (unpaired) electrons. The molecule has 162 valence electrons. The number of carbonyl (C=O) groups is 1. The Labute approximate surface area is 185 Å². The number of nitrogens with zero attached hydrogens (tertiary/aromatic N) is 4. The highest BCUT2D eigenvalue weighted by molar-refractivity contribution is 5.97. The molecule has 2 aromatic heterocycles. The van der Waals surface area contributed by atoms with Gasteiger partial charge in [-0.3, -0.25) is 14.6 Å². The van der Waals surface area contributed by atoms with Crippen molar-refractivity contribution in [2.45, 2.75) is 18.9 Å². The van der Waals surface area contributed by atoms with E-state index in [2.05, 4.69) is 4.98 Å². The molecule has 1 saturated heterocycles. The molecule has 32 heavy (non-hydrogen) atoms. The van der Waals surface area contributed by atoms with Crippen LogP contribution in [0.3, 0.4) is 0 Å². The average molecular weight is 428 g/mol. The van der Waals surface area contributed by atoms with Gasteiger partial charge in [-0.05, 0) is 54.6 Å². The molecule has 0 bridgehead atoms. The summed E-state index contributed by atoms with van der Waals surface area (Å²) in [4.78, 5) is 36.2. The van der Waals surface area contributed by atoms with E-state index >= 15 is 0 Å². The van der Waals surface area contributed by atoms with E-state index in [-0.39, 0.29) is 17.6 Å². The van der Waals surface area contributed by atoms with Crippen LogP contribution in [0, 0.1) is 0 Å². The molecule has 1 atom stereocenters. The van der Waals surface area contributed by atoms with Gasteiger partial charge in [-0.25, -0.2) is 4.98 Å². The minimum atomic E-state index is -0.0417. The van der Waals surface area contributed by atoms with Crippen LogP contribution < -0.4 is 5.56 Å². The number of pyridine rings is 1. The maximum Gasteiger partial charge on any atom is 0.258 e. The zero-order chi connectivity index (χ0) is 22.2. The van der Waals surface area contributed by atoms with Crippen molar-refractivity contribution in [3.63, 3.8) is 0 Å². The van der Waals surface area contributed by atoms with Crippen LogP contribution in [0.25, 0.3) is 33.1 Å². The SMILES string of the molecule is CN(CC[C@@H]1CCO1)C(=O)c1ccc2ncc(-c3ccc4c(=O)n(C)ccc4c3)nc2c1.